The van der Waals surface area contributed by atoms with Gasteiger partial charge in [-0.3, -0.25) is 0 Å². The average molecular weight is 285 g/mol. The van der Waals surface area contributed by atoms with Gasteiger partial charge in [-0.15, -0.1) is 0 Å². The molecule has 0 aromatic heterocycles. The summed E-state index contributed by atoms with van der Waals surface area (Å²) in [6, 6.07) is 0. The Kier molecular flexibility index (Phi) is 32.3. The molecule has 8 nitrogen and oxygen atoms in total. The van der Waals surface area contributed by atoms with Crippen LogP contribution in [0, 0.1) is 0 Å². The zero-order valence-corrected chi connectivity index (χ0v) is 16.3. The topological polar surface area (TPSA) is 156 Å². The van der Waals surface area contributed by atoms with Crippen LogP contribution in [0.3, 0.4) is 0 Å². The van der Waals surface area contributed by atoms with E-state index in [4.69, 9.17) is 38.5 Å². The van der Waals surface area contributed by atoms with E-state index in [1.165, 1.54) is 0 Å². The molecule has 13 heavy (non-hydrogen) atoms. The van der Waals surface area contributed by atoms with Crippen LogP contribution in [0.4, 0.5) is 0 Å². The molecule has 13 heteroatoms. The van der Waals surface area contributed by atoms with Crippen LogP contribution < -0.4 is 110 Å². The van der Waals surface area contributed by atoms with Crippen molar-refractivity contribution >= 4 is 15.6 Å². The molecule has 0 aliphatic heterocycles. The summed E-state index contributed by atoms with van der Waals surface area (Å²) >= 11 is 0. The molecular formula is H10KNa2O8P2+. The number of phosphoric acid groups is 2. The predicted octanol–water partition coefficient (Wildman–Crippen LogP) is -10.4. The van der Waals surface area contributed by atoms with E-state index in [9.17, 15) is 0 Å². The zero-order chi connectivity index (χ0) is 9.00. The van der Waals surface area contributed by atoms with Gasteiger partial charge in [0.05, 0.1) is 0 Å². The van der Waals surface area contributed by atoms with Crippen LogP contribution in [-0.4, -0.2) is 29.4 Å². The summed E-state index contributed by atoms with van der Waals surface area (Å²) in [5.41, 5.74) is 0. The Morgan fingerprint density at radius 2 is 0.769 bits per heavy atom. The molecule has 0 rings (SSSR count). The van der Waals surface area contributed by atoms with Gasteiger partial charge in [-0.25, -0.2) is 9.13 Å². The van der Waals surface area contributed by atoms with Crippen molar-refractivity contribution in [2.45, 2.75) is 0 Å². The molecule has 0 bridgehead atoms. The standard InChI is InChI=1S/K.2Na.2H3O4P.3H/c;;;2*1-5(2,3)4;;;/h;;;2*(H3,1,2,3,4);;;/q3*+1;;;3*-1/p+1. The van der Waals surface area contributed by atoms with Crippen molar-refractivity contribution in [1.82, 2.24) is 0 Å². The predicted molar refractivity (Wildman–Crippen MR) is 33.0 cm³/mol. The summed E-state index contributed by atoms with van der Waals surface area (Å²) in [7, 11) is -9.28. The summed E-state index contributed by atoms with van der Waals surface area (Å²) in [5, 5.41) is 0. The molecule has 0 aromatic rings. The molecule has 0 aliphatic rings. The molecule has 0 amide bonds. The van der Waals surface area contributed by atoms with E-state index in [-0.39, 0.29) is 116 Å². The summed E-state index contributed by atoms with van der Waals surface area (Å²) in [5.74, 6) is 0. The Balaban J connectivity index is -0.00000000762. The van der Waals surface area contributed by atoms with Gasteiger partial charge in [-0.2, -0.15) is 0 Å². The zero-order valence-electron chi connectivity index (χ0n) is 11.4. The van der Waals surface area contributed by atoms with E-state index in [2.05, 4.69) is 0 Å². The Bertz CT molecular complexity index is 146. The molecule has 0 saturated heterocycles. The fourth-order valence-corrected chi connectivity index (χ4v) is 0. The van der Waals surface area contributed by atoms with E-state index >= 15 is 0 Å². The SMILES string of the molecule is O=P(O)(O)O.O=P(O)(O)O.[H+].[H-].[H-].[H-].[K+].[Na+].[Na+]. The van der Waals surface area contributed by atoms with Crippen molar-refractivity contribution in [3.8, 4) is 0 Å². The first-order valence-corrected chi connectivity index (χ1v) is 4.70. The summed E-state index contributed by atoms with van der Waals surface area (Å²) in [6.45, 7) is 0. The quantitative estimate of drug-likeness (QED) is 0.189. The summed E-state index contributed by atoms with van der Waals surface area (Å²) in [4.78, 5) is 43.1. The van der Waals surface area contributed by atoms with Crippen molar-refractivity contribution in [3.63, 3.8) is 0 Å². The number of hydrogen-bond acceptors (Lipinski definition) is 2. The number of hydrogen-bond donors (Lipinski definition) is 6. The van der Waals surface area contributed by atoms with Crippen LogP contribution in [-0.2, 0) is 9.13 Å². The maximum absolute atomic E-state index is 8.88. The van der Waals surface area contributed by atoms with Crippen molar-refractivity contribution < 1.29 is 155 Å². The van der Waals surface area contributed by atoms with Crippen LogP contribution in [0.2, 0.25) is 0 Å². The molecule has 0 heterocycles. The third-order valence-corrected chi connectivity index (χ3v) is 0. The van der Waals surface area contributed by atoms with E-state index in [0.717, 1.165) is 0 Å². The van der Waals surface area contributed by atoms with Gasteiger partial charge in [-0.1, -0.05) is 0 Å². The van der Waals surface area contributed by atoms with Gasteiger partial charge in [-0.05, 0) is 0 Å². The first-order valence-electron chi connectivity index (χ1n) is 1.57. The van der Waals surface area contributed by atoms with Crippen molar-refractivity contribution in [2.75, 3.05) is 0 Å². The van der Waals surface area contributed by atoms with Crippen molar-refractivity contribution in [3.05, 3.63) is 0 Å². The first-order chi connectivity index (χ1) is 4.00. The molecule has 0 spiro atoms. The largest absolute Gasteiger partial charge is 1.00 e. The van der Waals surface area contributed by atoms with E-state index in [1.807, 2.05) is 0 Å². The maximum atomic E-state index is 8.88. The molecule has 0 radical (unpaired) electrons. The maximum Gasteiger partial charge on any atom is 1.00 e. The molecule has 0 aromatic carbocycles. The van der Waals surface area contributed by atoms with Crippen molar-refractivity contribution in [1.29, 1.82) is 0 Å². The first kappa shape index (κ1) is 30.1. The van der Waals surface area contributed by atoms with E-state index < -0.39 is 15.6 Å². The van der Waals surface area contributed by atoms with E-state index in [1.54, 1.807) is 0 Å². The molecule has 0 atom stereocenters. The second-order valence-corrected chi connectivity index (χ2v) is 3.08. The minimum atomic E-state index is -4.64. The fourth-order valence-electron chi connectivity index (χ4n) is 0. The number of rotatable bonds is 0. The van der Waals surface area contributed by atoms with Crippen LogP contribution in [0.5, 0.6) is 0 Å². The molecule has 0 fully saturated rings. The van der Waals surface area contributed by atoms with Gasteiger partial charge >= 0.3 is 128 Å². The molecule has 0 aliphatic carbocycles. The van der Waals surface area contributed by atoms with Crippen LogP contribution in [0.15, 0.2) is 0 Å². The molecular weight excluding hydrogens is 275 g/mol. The summed E-state index contributed by atoms with van der Waals surface area (Å²) in [6.07, 6.45) is 0. The molecule has 0 unspecified atom stereocenters. The minimum absolute atomic E-state index is 0. The molecule has 70 valence electrons. The van der Waals surface area contributed by atoms with Crippen LogP contribution >= 0.6 is 15.6 Å². The van der Waals surface area contributed by atoms with Gasteiger partial charge < -0.3 is 33.6 Å². The van der Waals surface area contributed by atoms with Gasteiger partial charge in [0.15, 0.2) is 0 Å². The van der Waals surface area contributed by atoms with Gasteiger partial charge in [0, 0.05) is 0 Å². The van der Waals surface area contributed by atoms with Crippen LogP contribution in [0.1, 0.15) is 5.71 Å². The second-order valence-electron chi connectivity index (χ2n) is 1.03. The van der Waals surface area contributed by atoms with Gasteiger partial charge in [0.2, 0.25) is 0 Å². The normalized spacial score (nSPS) is 9.08. The fraction of sp³-hybridized carbons (Fsp3) is 0. The monoisotopic (exact) mass is 285 g/mol. The minimum Gasteiger partial charge on any atom is -1.00 e. The Morgan fingerprint density at radius 3 is 0.769 bits per heavy atom. The molecule has 6 N–H and O–H groups in total. The van der Waals surface area contributed by atoms with Gasteiger partial charge in [0.25, 0.3) is 0 Å². The van der Waals surface area contributed by atoms with Crippen LogP contribution in [0.25, 0.3) is 0 Å². The third-order valence-electron chi connectivity index (χ3n) is 0. The van der Waals surface area contributed by atoms with Crippen molar-refractivity contribution in [2.24, 2.45) is 0 Å². The summed E-state index contributed by atoms with van der Waals surface area (Å²) < 4.78 is 17.8. The van der Waals surface area contributed by atoms with Gasteiger partial charge in [0.1, 0.15) is 0 Å². The second kappa shape index (κ2) is 13.9. The Morgan fingerprint density at radius 1 is 0.769 bits per heavy atom. The smallest absolute Gasteiger partial charge is 1.00 e. The Hall–Kier alpha value is 3.86. The molecule has 0 saturated carbocycles. The van der Waals surface area contributed by atoms with E-state index in [0.29, 0.717) is 0 Å². The Labute approximate surface area is 167 Å². The average Bonchev–Trinajstić information content (AvgIpc) is 1.12. The third kappa shape index (κ3) is 205.